The van der Waals surface area contributed by atoms with Crippen molar-refractivity contribution >= 4 is 11.5 Å². The van der Waals surface area contributed by atoms with Gasteiger partial charge in [0.1, 0.15) is 5.82 Å². The lowest BCUT2D eigenvalue weighted by molar-refractivity contribution is 0.101. The molecule has 1 saturated heterocycles. The molecule has 4 heteroatoms. The van der Waals surface area contributed by atoms with Crippen molar-refractivity contribution < 1.29 is 14.3 Å². The Bertz CT molecular complexity index is 459. The number of hydrogen-bond acceptors (Lipinski definition) is 3. The van der Waals surface area contributed by atoms with Crippen LogP contribution in [0.25, 0.3) is 0 Å². The first-order chi connectivity index (χ1) is 8.49. The number of carbonyl (C=O) groups is 1. The van der Waals surface area contributed by atoms with Crippen molar-refractivity contribution in [2.45, 2.75) is 26.4 Å². The summed E-state index contributed by atoms with van der Waals surface area (Å²) < 4.78 is 13.2. The molecule has 0 spiro atoms. The molecule has 0 radical (unpaired) electrons. The number of hydrogen-bond donors (Lipinski definition) is 1. The summed E-state index contributed by atoms with van der Waals surface area (Å²) in [5.74, 6) is -0.310. The molecule has 0 saturated carbocycles. The standard InChI is InChI=1S/C14H18FNO2/c1-9(17)11-5-6-16(8-11)14-4-3-12(15)7-13(14)10(2)18/h3-4,7,9,11,17H,5-6,8H2,1-2H3. The van der Waals surface area contributed by atoms with Gasteiger partial charge in [0.25, 0.3) is 0 Å². The van der Waals surface area contributed by atoms with Crippen LogP contribution in [0.2, 0.25) is 0 Å². The number of Topliss-reactive ketones (excluding diaryl/α,β-unsaturated/α-hetero) is 1. The highest BCUT2D eigenvalue weighted by Gasteiger charge is 2.27. The minimum atomic E-state index is -0.393. The smallest absolute Gasteiger partial charge is 0.161 e. The summed E-state index contributed by atoms with van der Waals surface area (Å²) in [6.45, 7) is 4.73. The second kappa shape index (κ2) is 5.06. The number of halogens is 1. The maximum atomic E-state index is 13.2. The third-order valence-corrected chi connectivity index (χ3v) is 3.59. The average Bonchev–Trinajstić information content (AvgIpc) is 2.78. The normalized spacial score (nSPS) is 21.1. The van der Waals surface area contributed by atoms with Crippen LogP contribution in [-0.2, 0) is 0 Å². The second-order valence-electron chi connectivity index (χ2n) is 4.95. The summed E-state index contributed by atoms with van der Waals surface area (Å²) in [7, 11) is 0. The van der Waals surface area contributed by atoms with Gasteiger partial charge in [-0.2, -0.15) is 0 Å². The van der Waals surface area contributed by atoms with E-state index in [-0.39, 0.29) is 17.8 Å². The number of carbonyl (C=O) groups excluding carboxylic acids is 1. The Morgan fingerprint density at radius 3 is 2.83 bits per heavy atom. The molecule has 1 aliphatic heterocycles. The van der Waals surface area contributed by atoms with Crippen molar-refractivity contribution in [2.75, 3.05) is 18.0 Å². The molecule has 1 aliphatic rings. The van der Waals surface area contributed by atoms with E-state index in [1.165, 1.54) is 19.1 Å². The average molecular weight is 251 g/mol. The van der Waals surface area contributed by atoms with E-state index in [1.807, 2.05) is 4.90 Å². The second-order valence-corrected chi connectivity index (χ2v) is 4.95. The van der Waals surface area contributed by atoms with Crippen molar-refractivity contribution in [3.8, 4) is 0 Å². The topological polar surface area (TPSA) is 40.5 Å². The zero-order valence-electron chi connectivity index (χ0n) is 10.7. The van der Waals surface area contributed by atoms with E-state index < -0.39 is 5.82 Å². The molecule has 1 fully saturated rings. The molecule has 1 N–H and O–H groups in total. The largest absolute Gasteiger partial charge is 0.393 e. The molecule has 2 rings (SSSR count). The highest BCUT2D eigenvalue weighted by atomic mass is 19.1. The van der Waals surface area contributed by atoms with Crippen molar-refractivity contribution in [2.24, 2.45) is 5.92 Å². The van der Waals surface area contributed by atoms with Crippen LogP contribution in [0.3, 0.4) is 0 Å². The molecule has 2 unspecified atom stereocenters. The Kier molecular flexibility index (Phi) is 3.66. The summed E-state index contributed by atoms with van der Waals surface area (Å²) in [4.78, 5) is 13.6. The van der Waals surface area contributed by atoms with Crippen LogP contribution in [-0.4, -0.2) is 30.1 Å². The van der Waals surface area contributed by atoms with Gasteiger partial charge >= 0.3 is 0 Å². The summed E-state index contributed by atoms with van der Waals surface area (Å²) in [5.41, 5.74) is 1.19. The highest BCUT2D eigenvalue weighted by molar-refractivity contribution is 5.99. The van der Waals surface area contributed by atoms with E-state index in [9.17, 15) is 14.3 Å². The van der Waals surface area contributed by atoms with Crippen molar-refractivity contribution in [3.05, 3.63) is 29.6 Å². The summed E-state index contributed by atoms with van der Waals surface area (Å²) in [5, 5.41) is 9.59. The SMILES string of the molecule is CC(=O)c1cc(F)ccc1N1CCC(C(C)O)C1. The molecule has 2 atom stereocenters. The van der Waals surface area contributed by atoms with E-state index in [0.29, 0.717) is 12.1 Å². The zero-order valence-corrected chi connectivity index (χ0v) is 10.7. The van der Waals surface area contributed by atoms with Crippen LogP contribution in [0.5, 0.6) is 0 Å². The lowest BCUT2D eigenvalue weighted by Gasteiger charge is -2.22. The van der Waals surface area contributed by atoms with Crippen molar-refractivity contribution in [3.63, 3.8) is 0 Å². The monoisotopic (exact) mass is 251 g/mol. The van der Waals surface area contributed by atoms with Gasteiger partial charge in [-0.05, 0) is 38.5 Å². The number of ketones is 1. The quantitative estimate of drug-likeness (QED) is 0.837. The number of benzene rings is 1. The number of nitrogens with zero attached hydrogens (tertiary/aromatic N) is 1. The number of aliphatic hydroxyl groups excluding tert-OH is 1. The Hall–Kier alpha value is -1.42. The third kappa shape index (κ3) is 2.53. The Labute approximate surface area is 106 Å². The Morgan fingerprint density at radius 1 is 1.56 bits per heavy atom. The lowest BCUT2D eigenvalue weighted by atomic mass is 10.0. The van der Waals surface area contributed by atoms with Gasteiger partial charge in [0.15, 0.2) is 5.78 Å². The molecule has 1 heterocycles. The van der Waals surface area contributed by atoms with E-state index >= 15 is 0 Å². The summed E-state index contributed by atoms with van der Waals surface area (Å²) in [6.07, 6.45) is 0.545. The molecular formula is C14H18FNO2. The van der Waals surface area contributed by atoms with Gasteiger partial charge in [-0.15, -0.1) is 0 Å². The molecule has 98 valence electrons. The van der Waals surface area contributed by atoms with Crippen LogP contribution in [0, 0.1) is 11.7 Å². The number of aliphatic hydroxyl groups is 1. The lowest BCUT2D eigenvalue weighted by Crippen LogP contribution is -2.25. The minimum Gasteiger partial charge on any atom is -0.393 e. The third-order valence-electron chi connectivity index (χ3n) is 3.59. The first-order valence-corrected chi connectivity index (χ1v) is 6.22. The summed E-state index contributed by atoms with van der Waals surface area (Å²) >= 11 is 0. The fourth-order valence-corrected chi connectivity index (χ4v) is 2.47. The minimum absolute atomic E-state index is 0.134. The molecule has 1 aromatic rings. The maximum absolute atomic E-state index is 13.2. The summed E-state index contributed by atoms with van der Waals surface area (Å²) in [6, 6.07) is 4.31. The van der Waals surface area contributed by atoms with Crippen LogP contribution in [0.15, 0.2) is 18.2 Å². The first-order valence-electron chi connectivity index (χ1n) is 6.22. The van der Waals surface area contributed by atoms with Gasteiger partial charge < -0.3 is 10.0 Å². The van der Waals surface area contributed by atoms with E-state index in [2.05, 4.69) is 0 Å². The number of rotatable bonds is 3. The zero-order chi connectivity index (χ0) is 13.3. The first kappa shape index (κ1) is 13.0. The van der Waals surface area contributed by atoms with Crippen LogP contribution in [0.1, 0.15) is 30.6 Å². The predicted octanol–water partition coefficient (Wildman–Crippen LogP) is 2.24. The van der Waals surface area contributed by atoms with Crippen LogP contribution < -0.4 is 4.90 Å². The molecule has 0 amide bonds. The van der Waals surface area contributed by atoms with Gasteiger partial charge in [0, 0.05) is 30.3 Å². The highest BCUT2D eigenvalue weighted by Crippen LogP contribution is 2.29. The maximum Gasteiger partial charge on any atom is 0.161 e. The van der Waals surface area contributed by atoms with E-state index in [1.54, 1.807) is 13.0 Å². The van der Waals surface area contributed by atoms with Crippen LogP contribution in [0.4, 0.5) is 10.1 Å². The Balaban J connectivity index is 2.27. The molecule has 18 heavy (non-hydrogen) atoms. The van der Waals surface area contributed by atoms with Gasteiger partial charge in [-0.25, -0.2) is 4.39 Å². The molecule has 1 aromatic carbocycles. The molecular weight excluding hydrogens is 233 g/mol. The van der Waals surface area contributed by atoms with Crippen molar-refractivity contribution in [1.29, 1.82) is 0 Å². The van der Waals surface area contributed by atoms with Gasteiger partial charge in [0.05, 0.1) is 6.10 Å². The van der Waals surface area contributed by atoms with Gasteiger partial charge in [-0.1, -0.05) is 0 Å². The molecule has 0 bridgehead atoms. The fraction of sp³-hybridized carbons (Fsp3) is 0.500. The van der Waals surface area contributed by atoms with E-state index in [4.69, 9.17) is 0 Å². The van der Waals surface area contributed by atoms with Crippen LogP contribution >= 0.6 is 0 Å². The molecule has 0 aromatic heterocycles. The predicted molar refractivity (Wildman–Crippen MR) is 68.4 cm³/mol. The molecule has 0 aliphatic carbocycles. The Morgan fingerprint density at radius 2 is 2.28 bits per heavy atom. The number of anilines is 1. The van der Waals surface area contributed by atoms with Crippen molar-refractivity contribution in [1.82, 2.24) is 0 Å². The molecule has 3 nitrogen and oxygen atoms in total. The van der Waals surface area contributed by atoms with Gasteiger partial charge in [-0.3, -0.25) is 4.79 Å². The van der Waals surface area contributed by atoms with Gasteiger partial charge in [0.2, 0.25) is 0 Å². The fourth-order valence-electron chi connectivity index (χ4n) is 2.47. The van der Waals surface area contributed by atoms with E-state index in [0.717, 1.165) is 18.7 Å².